The molecule has 3 aromatic rings. The van der Waals surface area contributed by atoms with E-state index in [1.54, 1.807) is 11.3 Å². The number of pyridine rings is 1. The van der Waals surface area contributed by atoms with E-state index < -0.39 is 25.9 Å². The average Bonchev–Trinajstić information content (AvgIpc) is 3.56. The minimum Gasteiger partial charge on any atom is -0.410 e. The smallest absolute Gasteiger partial charge is 0.410 e. The fraction of sp³-hybridized carbons (Fsp3) is 0.559. The molecule has 42 heavy (non-hydrogen) atoms. The summed E-state index contributed by atoms with van der Waals surface area (Å²) in [6, 6.07) is 5.49. The van der Waals surface area contributed by atoms with Crippen molar-refractivity contribution in [3.63, 3.8) is 0 Å². The second kappa shape index (κ2) is 11.2. The van der Waals surface area contributed by atoms with E-state index in [-0.39, 0.29) is 22.5 Å². The Morgan fingerprint density at radius 2 is 1.76 bits per heavy atom. The SMILES string of the molecule is CC1(C)Cc2nc(C3CCCC3)c(Cc3ccc(C(F)(F)F)c(F)c3)c(-c3ccsc3)c2[C@@H](O[Si](C)(C)C(C)(C)C)C1. The van der Waals surface area contributed by atoms with Gasteiger partial charge < -0.3 is 4.43 Å². The van der Waals surface area contributed by atoms with Crippen LogP contribution in [0.1, 0.15) is 112 Å². The number of alkyl halides is 3. The van der Waals surface area contributed by atoms with Crippen LogP contribution in [0.5, 0.6) is 0 Å². The maximum atomic E-state index is 14.8. The summed E-state index contributed by atoms with van der Waals surface area (Å²) in [5, 5.41) is 4.23. The summed E-state index contributed by atoms with van der Waals surface area (Å²) in [5.41, 5.74) is 5.75. The number of hydrogen-bond donors (Lipinski definition) is 0. The van der Waals surface area contributed by atoms with Gasteiger partial charge in [0.15, 0.2) is 8.32 Å². The van der Waals surface area contributed by atoms with Crippen molar-refractivity contribution in [1.29, 1.82) is 0 Å². The van der Waals surface area contributed by atoms with Crippen LogP contribution in [0.25, 0.3) is 11.1 Å². The van der Waals surface area contributed by atoms with Gasteiger partial charge in [0, 0.05) is 22.9 Å². The first-order valence-electron chi connectivity index (χ1n) is 15.1. The van der Waals surface area contributed by atoms with Gasteiger partial charge in [0.1, 0.15) is 5.82 Å². The van der Waals surface area contributed by atoms with Crippen LogP contribution in [0.4, 0.5) is 17.6 Å². The predicted molar refractivity (Wildman–Crippen MR) is 166 cm³/mol. The van der Waals surface area contributed by atoms with E-state index in [0.717, 1.165) is 84.3 Å². The van der Waals surface area contributed by atoms with Crippen LogP contribution >= 0.6 is 11.3 Å². The Morgan fingerprint density at radius 1 is 1.07 bits per heavy atom. The molecule has 228 valence electrons. The molecule has 0 radical (unpaired) electrons. The number of rotatable bonds is 6. The van der Waals surface area contributed by atoms with Crippen molar-refractivity contribution in [3.8, 4) is 11.1 Å². The molecule has 0 unspecified atom stereocenters. The zero-order valence-electron chi connectivity index (χ0n) is 25.8. The second-order valence-corrected chi connectivity index (χ2v) is 20.1. The molecule has 0 spiro atoms. The highest BCUT2D eigenvalue weighted by Crippen LogP contribution is 2.52. The largest absolute Gasteiger partial charge is 0.419 e. The molecule has 1 fully saturated rings. The van der Waals surface area contributed by atoms with Crippen LogP contribution < -0.4 is 0 Å². The van der Waals surface area contributed by atoms with E-state index in [1.165, 1.54) is 6.07 Å². The van der Waals surface area contributed by atoms with E-state index >= 15 is 0 Å². The van der Waals surface area contributed by atoms with Crippen molar-refractivity contribution in [2.45, 2.75) is 116 Å². The van der Waals surface area contributed by atoms with E-state index in [2.05, 4.69) is 64.5 Å². The number of benzene rings is 1. The lowest BCUT2D eigenvalue weighted by molar-refractivity contribution is -0.140. The van der Waals surface area contributed by atoms with E-state index in [0.29, 0.717) is 12.0 Å². The van der Waals surface area contributed by atoms with Gasteiger partial charge in [-0.3, -0.25) is 4.98 Å². The average molecular weight is 618 g/mol. The minimum atomic E-state index is -4.73. The van der Waals surface area contributed by atoms with Gasteiger partial charge in [-0.15, -0.1) is 0 Å². The van der Waals surface area contributed by atoms with Gasteiger partial charge in [-0.2, -0.15) is 24.5 Å². The van der Waals surface area contributed by atoms with E-state index in [9.17, 15) is 17.6 Å². The van der Waals surface area contributed by atoms with Gasteiger partial charge in [0.05, 0.1) is 11.7 Å². The van der Waals surface area contributed by atoms with Crippen molar-refractivity contribution < 1.29 is 22.0 Å². The van der Waals surface area contributed by atoms with Gasteiger partial charge in [-0.05, 0) is 107 Å². The summed E-state index contributed by atoms with van der Waals surface area (Å²) in [5.74, 6) is -0.946. The van der Waals surface area contributed by atoms with Crippen LogP contribution in [-0.4, -0.2) is 13.3 Å². The molecule has 8 heteroatoms. The molecular weight excluding hydrogens is 575 g/mol. The van der Waals surface area contributed by atoms with Gasteiger partial charge in [0.25, 0.3) is 0 Å². The molecule has 0 amide bonds. The third-order valence-electron chi connectivity index (χ3n) is 9.67. The lowest BCUT2D eigenvalue weighted by Gasteiger charge is -2.45. The summed E-state index contributed by atoms with van der Waals surface area (Å²) in [6.45, 7) is 15.9. The molecule has 0 N–H and O–H groups in total. The molecular formula is C34H43F4NOSSi. The minimum absolute atomic E-state index is 0.00393. The fourth-order valence-electron chi connectivity index (χ4n) is 6.51. The molecule has 2 nitrogen and oxygen atoms in total. The maximum absolute atomic E-state index is 14.8. The standard InChI is InChI=1S/C34H43F4NOSSi/c1-32(2,3)42(6,7)40-28-19-33(4,5)18-27-30(28)29(23-14-15-41-20-23)24(31(39-27)22-10-8-9-11-22)16-21-12-13-25(26(35)17-21)34(36,37)38/h12-15,17,20,22,28H,8-11,16,18-19H2,1-7H3/t28-/m0/s1. The Balaban J connectivity index is 1.75. The lowest BCUT2D eigenvalue weighted by Crippen LogP contribution is -2.44. The second-order valence-electron chi connectivity index (χ2n) is 14.6. The monoisotopic (exact) mass is 617 g/mol. The fourth-order valence-corrected chi connectivity index (χ4v) is 8.42. The molecule has 2 aliphatic carbocycles. The Hall–Kier alpha value is -2.03. The topological polar surface area (TPSA) is 22.1 Å². The van der Waals surface area contributed by atoms with Crippen molar-refractivity contribution in [2.75, 3.05) is 0 Å². The van der Waals surface area contributed by atoms with Gasteiger partial charge >= 0.3 is 6.18 Å². The van der Waals surface area contributed by atoms with Crippen LogP contribution in [-0.2, 0) is 23.4 Å². The molecule has 5 rings (SSSR count). The summed E-state index contributed by atoms with van der Waals surface area (Å²) in [7, 11) is -2.17. The van der Waals surface area contributed by atoms with Crippen molar-refractivity contribution in [3.05, 3.63) is 74.5 Å². The van der Waals surface area contributed by atoms with Crippen LogP contribution in [0, 0.1) is 11.2 Å². The van der Waals surface area contributed by atoms with Crippen LogP contribution in [0.15, 0.2) is 35.0 Å². The van der Waals surface area contributed by atoms with Crippen LogP contribution in [0.3, 0.4) is 0 Å². The normalized spacial score (nSPS) is 19.7. The number of aromatic nitrogens is 1. The number of nitrogens with zero attached hydrogens (tertiary/aromatic N) is 1. The van der Waals surface area contributed by atoms with Crippen LogP contribution in [0.2, 0.25) is 18.1 Å². The van der Waals surface area contributed by atoms with Gasteiger partial charge in [-0.25, -0.2) is 4.39 Å². The highest BCUT2D eigenvalue weighted by molar-refractivity contribution is 7.08. The Bertz CT molecular complexity index is 1430. The van der Waals surface area contributed by atoms with Crippen molar-refractivity contribution in [1.82, 2.24) is 4.98 Å². The summed E-state index contributed by atoms with van der Waals surface area (Å²) in [4.78, 5) is 5.44. The molecule has 2 heterocycles. The maximum Gasteiger partial charge on any atom is 0.419 e. The van der Waals surface area contributed by atoms with Crippen molar-refractivity contribution >= 4 is 19.7 Å². The zero-order valence-corrected chi connectivity index (χ0v) is 27.7. The Morgan fingerprint density at radius 3 is 2.33 bits per heavy atom. The molecule has 1 aromatic carbocycles. The first-order valence-corrected chi connectivity index (χ1v) is 18.9. The molecule has 2 aliphatic rings. The summed E-state index contributed by atoms with van der Waals surface area (Å²) < 4.78 is 62.1. The third-order valence-corrected chi connectivity index (χ3v) is 14.8. The first-order chi connectivity index (χ1) is 19.5. The lowest BCUT2D eigenvalue weighted by atomic mass is 9.71. The predicted octanol–water partition coefficient (Wildman–Crippen LogP) is 11.3. The third kappa shape index (κ3) is 6.27. The highest BCUT2D eigenvalue weighted by atomic mass is 32.1. The van der Waals surface area contributed by atoms with Gasteiger partial charge in [0.2, 0.25) is 0 Å². The summed E-state index contributed by atoms with van der Waals surface area (Å²) in [6.07, 6.45) is 1.49. The molecule has 0 bridgehead atoms. The Labute approximate surface area is 253 Å². The van der Waals surface area contributed by atoms with E-state index in [1.807, 2.05) is 0 Å². The Kier molecular flexibility index (Phi) is 8.34. The molecule has 0 aliphatic heterocycles. The number of halogens is 4. The van der Waals surface area contributed by atoms with Crippen molar-refractivity contribution in [2.24, 2.45) is 5.41 Å². The molecule has 2 aromatic heterocycles. The number of fused-ring (bicyclic) bond motifs is 1. The quantitative estimate of drug-likeness (QED) is 0.203. The number of thiophene rings is 1. The number of hydrogen-bond acceptors (Lipinski definition) is 3. The molecule has 1 atom stereocenters. The first kappa shape index (κ1) is 31.4. The summed E-state index contributed by atoms with van der Waals surface area (Å²) >= 11 is 1.63. The molecule has 1 saturated carbocycles. The molecule has 0 saturated heterocycles. The zero-order chi connectivity index (χ0) is 30.7. The van der Waals surface area contributed by atoms with E-state index in [4.69, 9.17) is 9.41 Å². The van der Waals surface area contributed by atoms with Gasteiger partial charge in [-0.1, -0.05) is 53.5 Å². The highest BCUT2D eigenvalue weighted by Gasteiger charge is 2.45.